The smallest absolute Gasteiger partial charge is 0.341 e. The van der Waals surface area contributed by atoms with Gasteiger partial charge < -0.3 is 23.7 Å². The van der Waals surface area contributed by atoms with Crippen molar-refractivity contribution in [3.8, 4) is 17.6 Å². The standard InChI is InChI=1S/C28H28O8/c1-17-26(34-18(2)29)24(35-27(30)21-12-14-22(32-3)15-13-21)16-25(33-17)36-28(31)23-7-5-4-6-20(23)11-10-19-8-9-19/h4-7,12-15,17,19,24-26H,8-9,16H2,1-3H3/t17-,24+,25-,26-/m1/s1. The van der Waals surface area contributed by atoms with Crippen molar-refractivity contribution in [1.82, 2.24) is 0 Å². The molecule has 188 valence electrons. The number of hydrogen-bond acceptors (Lipinski definition) is 8. The van der Waals surface area contributed by atoms with E-state index in [2.05, 4.69) is 11.8 Å². The molecule has 4 rings (SSSR count). The van der Waals surface area contributed by atoms with Gasteiger partial charge in [0.1, 0.15) is 11.9 Å². The van der Waals surface area contributed by atoms with E-state index in [4.69, 9.17) is 23.7 Å². The molecule has 36 heavy (non-hydrogen) atoms. The van der Waals surface area contributed by atoms with E-state index in [1.165, 1.54) is 14.0 Å². The molecule has 2 aliphatic rings. The van der Waals surface area contributed by atoms with Crippen LogP contribution in [0.25, 0.3) is 0 Å². The minimum Gasteiger partial charge on any atom is -0.497 e. The third-order valence-electron chi connectivity index (χ3n) is 5.88. The molecular formula is C28H28O8. The van der Waals surface area contributed by atoms with Crippen LogP contribution in [-0.4, -0.2) is 49.6 Å². The monoisotopic (exact) mass is 492 g/mol. The average molecular weight is 493 g/mol. The Balaban J connectivity index is 1.48. The maximum Gasteiger partial charge on any atom is 0.341 e. The van der Waals surface area contributed by atoms with Crippen LogP contribution in [0.4, 0.5) is 0 Å². The van der Waals surface area contributed by atoms with Gasteiger partial charge in [-0.2, -0.15) is 0 Å². The Labute approximate surface area is 209 Å². The lowest BCUT2D eigenvalue weighted by molar-refractivity contribution is -0.235. The van der Waals surface area contributed by atoms with Crippen LogP contribution in [0.2, 0.25) is 0 Å². The molecule has 0 aromatic heterocycles. The molecule has 1 heterocycles. The zero-order valence-corrected chi connectivity index (χ0v) is 20.4. The highest BCUT2D eigenvalue weighted by atomic mass is 16.7. The molecule has 8 nitrogen and oxygen atoms in total. The molecule has 0 unspecified atom stereocenters. The lowest BCUT2D eigenvalue weighted by Crippen LogP contribution is -2.51. The number of rotatable bonds is 6. The first kappa shape index (κ1) is 25.3. The Morgan fingerprint density at radius 1 is 0.944 bits per heavy atom. The van der Waals surface area contributed by atoms with E-state index in [0.29, 0.717) is 28.4 Å². The molecule has 2 fully saturated rings. The highest BCUT2D eigenvalue weighted by molar-refractivity contribution is 5.92. The van der Waals surface area contributed by atoms with Gasteiger partial charge in [0.15, 0.2) is 6.10 Å². The third kappa shape index (κ3) is 6.43. The number of carbonyl (C=O) groups excluding carboxylic acids is 3. The van der Waals surface area contributed by atoms with Gasteiger partial charge in [0, 0.05) is 18.4 Å². The first-order valence-corrected chi connectivity index (χ1v) is 11.8. The van der Waals surface area contributed by atoms with Crippen molar-refractivity contribution in [1.29, 1.82) is 0 Å². The second kappa shape index (κ2) is 11.3. The summed E-state index contributed by atoms with van der Waals surface area (Å²) in [5.41, 5.74) is 1.21. The second-order valence-electron chi connectivity index (χ2n) is 8.75. The first-order valence-electron chi connectivity index (χ1n) is 11.8. The molecule has 0 spiro atoms. The number of carbonyl (C=O) groups is 3. The van der Waals surface area contributed by atoms with Crippen LogP contribution in [0, 0.1) is 17.8 Å². The van der Waals surface area contributed by atoms with Crippen LogP contribution in [0.1, 0.15) is 59.4 Å². The van der Waals surface area contributed by atoms with Gasteiger partial charge in [-0.05, 0) is 56.2 Å². The van der Waals surface area contributed by atoms with Crippen LogP contribution in [0.15, 0.2) is 48.5 Å². The fraction of sp³-hybridized carbons (Fsp3) is 0.393. The molecule has 0 amide bonds. The molecule has 0 N–H and O–H groups in total. The quantitative estimate of drug-likeness (QED) is 0.340. The number of benzene rings is 2. The van der Waals surface area contributed by atoms with Gasteiger partial charge in [-0.3, -0.25) is 4.79 Å². The van der Waals surface area contributed by atoms with E-state index >= 15 is 0 Å². The molecule has 1 saturated carbocycles. The van der Waals surface area contributed by atoms with Gasteiger partial charge in [-0.1, -0.05) is 24.0 Å². The Kier molecular flexibility index (Phi) is 7.91. The summed E-state index contributed by atoms with van der Waals surface area (Å²) in [5, 5.41) is 0. The maximum absolute atomic E-state index is 13.0. The number of ether oxygens (including phenoxy) is 5. The average Bonchev–Trinajstić information content (AvgIpc) is 3.69. The fourth-order valence-corrected chi connectivity index (χ4v) is 3.85. The van der Waals surface area contributed by atoms with Crippen molar-refractivity contribution in [3.63, 3.8) is 0 Å². The largest absolute Gasteiger partial charge is 0.497 e. The predicted molar refractivity (Wildman–Crippen MR) is 128 cm³/mol. The van der Waals surface area contributed by atoms with E-state index in [9.17, 15) is 14.4 Å². The van der Waals surface area contributed by atoms with E-state index in [-0.39, 0.29) is 6.42 Å². The normalized spacial score (nSPS) is 23.0. The zero-order chi connectivity index (χ0) is 25.7. The third-order valence-corrected chi connectivity index (χ3v) is 5.88. The minimum absolute atomic E-state index is 0.00809. The highest BCUT2D eigenvalue weighted by Crippen LogP contribution is 2.29. The Bertz CT molecular complexity index is 1170. The second-order valence-corrected chi connectivity index (χ2v) is 8.75. The molecule has 8 heteroatoms. The lowest BCUT2D eigenvalue weighted by atomic mass is 10.0. The lowest BCUT2D eigenvalue weighted by Gasteiger charge is -2.38. The maximum atomic E-state index is 13.0. The molecule has 1 saturated heterocycles. The highest BCUT2D eigenvalue weighted by Gasteiger charge is 2.43. The Morgan fingerprint density at radius 3 is 2.33 bits per heavy atom. The van der Waals surface area contributed by atoms with Gasteiger partial charge in [-0.25, -0.2) is 9.59 Å². The van der Waals surface area contributed by atoms with Crippen LogP contribution < -0.4 is 4.74 Å². The van der Waals surface area contributed by atoms with Crippen LogP contribution >= 0.6 is 0 Å². The molecular weight excluding hydrogens is 464 g/mol. The van der Waals surface area contributed by atoms with Crippen molar-refractivity contribution in [3.05, 3.63) is 65.2 Å². The van der Waals surface area contributed by atoms with Crippen LogP contribution in [0.3, 0.4) is 0 Å². The van der Waals surface area contributed by atoms with Crippen molar-refractivity contribution in [2.45, 2.75) is 57.7 Å². The van der Waals surface area contributed by atoms with Crippen molar-refractivity contribution < 1.29 is 38.1 Å². The van der Waals surface area contributed by atoms with E-state index in [0.717, 1.165) is 12.8 Å². The van der Waals surface area contributed by atoms with Gasteiger partial charge in [0.2, 0.25) is 6.29 Å². The molecule has 2 aromatic rings. The molecule has 1 aliphatic carbocycles. The van der Waals surface area contributed by atoms with Crippen LogP contribution in [-0.2, 0) is 23.7 Å². The van der Waals surface area contributed by atoms with Crippen molar-refractivity contribution in [2.24, 2.45) is 5.92 Å². The summed E-state index contributed by atoms with van der Waals surface area (Å²) in [6, 6.07) is 13.4. The first-order chi connectivity index (χ1) is 17.3. The molecule has 4 atom stereocenters. The van der Waals surface area contributed by atoms with Gasteiger partial charge in [0.25, 0.3) is 0 Å². The van der Waals surface area contributed by atoms with E-state index in [1.807, 2.05) is 6.07 Å². The van der Waals surface area contributed by atoms with Crippen molar-refractivity contribution in [2.75, 3.05) is 7.11 Å². The van der Waals surface area contributed by atoms with E-state index in [1.54, 1.807) is 49.4 Å². The topological polar surface area (TPSA) is 97.4 Å². The molecule has 0 bridgehead atoms. The fourth-order valence-electron chi connectivity index (χ4n) is 3.85. The number of hydrogen-bond donors (Lipinski definition) is 0. The zero-order valence-electron chi connectivity index (χ0n) is 20.4. The summed E-state index contributed by atoms with van der Waals surface area (Å²) in [4.78, 5) is 37.5. The van der Waals surface area contributed by atoms with Crippen LogP contribution in [0.5, 0.6) is 5.75 Å². The summed E-state index contributed by atoms with van der Waals surface area (Å²) in [6.07, 6.45) is -1.32. The van der Waals surface area contributed by atoms with Gasteiger partial charge >= 0.3 is 17.9 Å². The summed E-state index contributed by atoms with van der Waals surface area (Å²) < 4.78 is 27.7. The summed E-state index contributed by atoms with van der Waals surface area (Å²) in [7, 11) is 1.53. The number of esters is 3. The predicted octanol–water partition coefficient (Wildman–Crippen LogP) is 3.91. The minimum atomic E-state index is -1.02. The molecule has 1 aliphatic heterocycles. The summed E-state index contributed by atoms with van der Waals surface area (Å²) >= 11 is 0. The van der Waals surface area contributed by atoms with E-state index < -0.39 is 42.5 Å². The van der Waals surface area contributed by atoms with Crippen molar-refractivity contribution >= 4 is 17.9 Å². The SMILES string of the molecule is COc1ccc(C(=O)O[C@H]2C[C@@H](OC(=O)c3ccccc3C#CC3CC3)O[C@H](C)[C@H]2OC(C)=O)cc1. The Hall–Kier alpha value is -3.83. The summed E-state index contributed by atoms with van der Waals surface area (Å²) in [6.45, 7) is 2.93. The Morgan fingerprint density at radius 2 is 1.67 bits per heavy atom. The molecule has 2 aromatic carbocycles. The number of methoxy groups -OCH3 is 1. The van der Waals surface area contributed by atoms with Gasteiger partial charge in [-0.15, -0.1) is 0 Å². The molecule has 0 radical (unpaired) electrons. The van der Waals surface area contributed by atoms with Gasteiger partial charge in [0.05, 0.1) is 30.8 Å². The summed E-state index contributed by atoms with van der Waals surface area (Å²) in [5.74, 6) is 5.44.